The molecule has 1 aromatic carbocycles. The molecule has 0 fully saturated rings. The van der Waals surface area contributed by atoms with Gasteiger partial charge >= 0.3 is 0 Å². The Hall–Kier alpha value is -1.28. The molecule has 0 radical (unpaired) electrons. The van der Waals surface area contributed by atoms with Crippen molar-refractivity contribution in [3.8, 4) is 5.75 Å². The summed E-state index contributed by atoms with van der Waals surface area (Å²) in [6.07, 6.45) is 12.5. The van der Waals surface area contributed by atoms with Crippen LogP contribution in [0.25, 0.3) is 0 Å². The number of hydrogen-bond donors (Lipinski definition) is 0. The van der Waals surface area contributed by atoms with Crippen LogP contribution in [0.2, 0.25) is 0 Å². The molecule has 2 heteroatoms. The lowest BCUT2D eigenvalue weighted by atomic mass is 10.0. The third-order valence-corrected chi connectivity index (χ3v) is 3.72. The predicted molar refractivity (Wildman–Crippen MR) is 94.7 cm³/mol. The van der Waals surface area contributed by atoms with Gasteiger partial charge in [-0.1, -0.05) is 63.7 Å². The normalized spacial score (nSPS) is 10.6. The Bertz CT molecular complexity index is 370. The van der Waals surface area contributed by atoms with Gasteiger partial charge in [-0.15, -0.1) is 6.58 Å². The van der Waals surface area contributed by atoms with E-state index in [1.165, 1.54) is 56.9 Å². The minimum absolute atomic E-state index is 0.584. The summed E-state index contributed by atoms with van der Waals surface area (Å²) in [5.41, 5.74) is 1.41. The molecule has 1 aromatic rings. The molecule has 22 heavy (non-hydrogen) atoms. The van der Waals surface area contributed by atoms with Crippen LogP contribution in [0.1, 0.15) is 57.4 Å². The first-order valence-corrected chi connectivity index (χ1v) is 8.77. The van der Waals surface area contributed by atoms with Gasteiger partial charge in [0.05, 0.1) is 13.2 Å². The molecule has 2 nitrogen and oxygen atoms in total. The van der Waals surface area contributed by atoms with Gasteiger partial charge in [0.25, 0.3) is 0 Å². The van der Waals surface area contributed by atoms with Gasteiger partial charge in [0.15, 0.2) is 0 Å². The fourth-order valence-corrected chi connectivity index (χ4v) is 2.42. The Morgan fingerprint density at radius 2 is 1.59 bits per heavy atom. The molecule has 0 N–H and O–H groups in total. The molecule has 0 bridgehead atoms. The van der Waals surface area contributed by atoms with E-state index >= 15 is 0 Å². The molecule has 0 aliphatic heterocycles. The van der Waals surface area contributed by atoms with Crippen molar-refractivity contribution in [2.24, 2.45) is 0 Å². The van der Waals surface area contributed by atoms with E-state index in [0.717, 1.165) is 5.75 Å². The highest BCUT2D eigenvalue weighted by Crippen LogP contribution is 2.15. The third kappa shape index (κ3) is 9.62. The van der Waals surface area contributed by atoms with E-state index in [1.54, 1.807) is 6.08 Å². The predicted octanol–water partition coefficient (Wildman–Crippen LogP) is 5.56. The minimum atomic E-state index is 0.584. The van der Waals surface area contributed by atoms with E-state index in [9.17, 15) is 0 Å². The van der Waals surface area contributed by atoms with Crippen molar-refractivity contribution in [2.45, 2.75) is 58.3 Å². The summed E-state index contributed by atoms with van der Waals surface area (Å²) in [4.78, 5) is 0. The summed E-state index contributed by atoms with van der Waals surface area (Å²) < 4.78 is 10.9. The van der Waals surface area contributed by atoms with Gasteiger partial charge in [0.1, 0.15) is 12.4 Å². The van der Waals surface area contributed by atoms with Crippen LogP contribution in [0, 0.1) is 0 Å². The fraction of sp³-hybridized carbons (Fsp3) is 0.600. The zero-order valence-corrected chi connectivity index (χ0v) is 14.2. The minimum Gasteiger partial charge on any atom is -0.491 e. The standard InChI is InChI=1S/C20H32O2/c1-3-5-6-7-8-9-10-11-19-12-14-20(15-13-19)22-18-17-21-16-4-2/h4,12-15H,2-3,5-11,16-18H2,1H3. The molecule has 0 aliphatic carbocycles. The van der Waals surface area contributed by atoms with Gasteiger partial charge in [-0.2, -0.15) is 0 Å². The lowest BCUT2D eigenvalue weighted by molar-refractivity contribution is 0.121. The first-order valence-electron chi connectivity index (χ1n) is 8.77. The van der Waals surface area contributed by atoms with Gasteiger partial charge in [-0.05, 0) is 30.5 Å². The summed E-state index contributed by atoms with van der Waals surface area (Å²) in [5.74, 6) is 0.922. The number of ether oxygens (including phenoxy) is 2. The van der Waals surface area contributed by atoms with Crippen molar-refractivity contribution >= 4 is 0 Å². The van der Waals surface area contributed by atoms with Crippen molar-refractivity contribution in [3.05, 3.63) is 42.5 Å². The SMILES string of the molecule is C=CCOCCOc1ccc(CCCCCCCCC)cc1. The first-order chi connectivity index (χ1) is 10.9. The molecule has 0 spiro atoms. The highest BCUT2D eigenvalue weighted by Gasteiger charge is 1.97. The molecule has 0 aliphatic rings. The third-order valence-electron chi connectivity index (χ3n) is 3.72. The smallest absolute Gasteiger partial charge is 0.119 e. The van der Waals surface area contributed by atoms with Gasteiger partial charge in [-0.25, -0.2) is 0 Å². The van der Waals surface area contributed by atoms with Crippen molar-refractivity contribution in [1.29, 1.82) is 0 Å². The van der Waals surface area contributed by atoms with Crippen molar-refractivity contribution in [2.75, 3.05) is 19.8 Å². The Morgan fingerprint density at radius 1 is 0.909 bits per heavy atom. The zero-order chi connectivity index (χ0) is 15.9. The Balaban J connectivity index is 2.07. The van der Waals surface area contributed by atoms with Crippen LogP contribution >= 0.6 is 0 Å². The second-order valence-electron chi connectivity index (χ2n) is 5.73. The second kappa shape index (κ2) is 13.4. The number of benzene rings is 1. The topological polar surface area (TPSA) is 18.5 Å². The van der Waals surface area contributed by atoms with E-state index in [-0.39, 0.29) is 0 Å². The zero-order valence-electron chi connectivity index (χ0n) is 14.2. The number of rotatable bonds is 14. The van der Waals surface area contributed by atoms with Crippen LogP contribution in [0.3, 0.4) is 0 Å². The molecule has 0 aromatic heterocycles. The Labute approximate surface area is 136 Å². The number of hydrogen-bond acceptors (Lipinski definition) is 2. The summed E-state index contributed by atoms with van der Waals surface area (Å²) in [6.45, 7) is 7.65. The Morgan fingerprint density at radius 3 is 2.27 bits per heavy atom. The van der Waals surface area contributed by atoms with E-state index in [4.69, 9.17) is 9.47 Å². The maximum atomic E-state index is 5.63. The van der Waals surface area contributed by atoms with Crippen molar-refractivity contribution in [3.63, 3.8) is 0 Å². The van der Waals surface area contributed by atoms with E-state index in [0.29, 0.717) is 19.8 Å². The molecule has 0 unspecified atom stereocenters. The summed E-state index contributed by atoms with van der Waals surface area (Å²) in [5, 5.41) is 0. The molecule has 0 atom stereocenters. The maximum absolute atomic E-state index is 5.63. The fourth-order valence-electron chi connectivity index (χ4n) is 2.42. The quantitative estimate of drug-likeness (QED) is 0.331. The second-order valence-corrected chi connectivity index (χ2v) is 5.73. The summed E-state index contributed by atoms with van der Waals surface area (Å²) in [7, 11) is 0. The molecular weight excluding hydrogens is 272 g/mol. The highest BCUT2D eigenvalue weighted by atomic mass is 16.5. The van der Waals surface area contributed by atoms with Gasteiger partial charge in [-0.3, -0.25) is 0 Å². The van der Waals surface area contributed by atoms with Crippen molar-refractivity contribution in [1.82, 2.24) is 0 Å². The van der Waals surface area contributed by atoms with Gasteiger partial charge in [0.2, 0.25) is 0 Å². The average Bonchev–Trinajstić information content (AvgIpc) is 2.55. The van der Waals surface area contributed by atoms with Crippen LogP contribution in [-0.4, -0.2) is 19.8 Å². The van der Waals surface area contributed by atoms with E-state index in [2.05, 4.69) is 37.8 Å². The average molecular weight is 304 g/mol. The van der Waals surface area contributed by atoms with Crippen LogP contribution in [0.5, 0.6) is 5.75 Å². The monoisotopic (exact) mass is 304 g/mol. The molecule has 0 saturated carbocycles. The van der Waals surface area contributed by atoms with Crippen LogP contribution in [0.4, 0.5) is 0 Å². The van der Waals surface area contributed by atoms with Gasteiger partial charge in [0, 0.05) is 0 Å². The highest BCUT2D eigenvalue weighted by molar-refractivity contribution is 5.27. The largest absolute Gasteiger partial charge is 0.491 e. The van der Waals surface area contributed by atoms with E-state index in [1.807, 2.05) is 0 Å². The Kier molecular flexibility index (Phi) is 11.4. The molecule has 0 heterocycles. The van der Waals surface area contributed by atoms with Crippen LogP contribution < -0.4 is 4.74 Å². The maximum Gasteiger partial charge on any atom is 0.119 e. The summed E-state index contributed by atoms with van der Waals surface area (Å²) in [6, 6.07) is 8.47. The lowest BCUT2D eigenvalue weighted by Gasteiger charge is -2.07. The molecule has 1 rings (SSSR count). The number of aryl methyl sites for hydroxylation is 1. The van der Waals surface area contributed by atoms with Gasteiger partial charge < -0.3 is 9.47 Å². The first kappa shape index (κ1) is 18.8. The van der Waals surface area contributed by atoms with Crippen molar-refractivity contribution < 1.29 is 9.47 Å². The molecular formula is C20H32O2. The molecule has 0 amide bonds. The lowest BCUT2D eigenvalue weighted by Crippen LogP contribution is -2.06. The number of unbranched alkanes of at least 4 members (excludes halogenated alkanes) is 6. The van der Waals surface area contributed by atoms with Crippen LogP contribution in [0.15, 0.2) is 36.9 Å². The molecule has 124 valence electrons. The summed E-state index contributed by atoms with van der Waals surface area (Å²) >= 11 is 0. The van der Waals surface area contributed by atoms with Crippen LogP contribution in [-0.2, 0) is 11.2 Å². The molecule has 0 saturated heterocycles. The van der Waals surface area contributed by atoms with E-state index < -0.39 is 0 Å².